The van der Waals surface area contributed by atoms with E-state index in [9.17, 15) is 8.78 Å². The Hall–Kier alpha value is -1.89. The van der Waals surface area contributed by atoms with Gasteiger partial charge in [0.25, 0.3) is 6.43 Å². The molecule has 0 saturated carbocycles. The van der Waals surface area contributed by atoms with Crippen LogP contribution >= 0.6 is 0 Å². The molecule has 0 radical (unpaired) electrons. The second kappa shape index (κ2) is 5.63. The van der Waals surface area contributed by atoms with E-state index in [-0.39, 0.29) is 12.3 Å². The van der Waals surface area contributed by atoms with Crippen molar-refractivity contribution >= 4 is 0 Å². The number of aromatic nitrogens is 3. The van der Waals surface area contributed by atoms with Gasteiger partial charge < -0.3 is 9.63 Å². The Labute approximate surface area is 101 Å². The third kappa shape index (κ3) is 3.30. The van der Waals surface area contributed by atoms with Crippen LogP contribution in [0.5, 0.6) is 0 Å². The van der Waals surface area contributed by atoms with E-state index < -0.39 is 12.5 Å². The lowest BCUT2D eigenvalue weighted by Crippen LogP contribution is -2.20. The standard InChI is InChI=1S/C11H11F2N3O2/c12-11(13)8(17)6-10-15-9(16-18-10)5-7-3-1-2-4-14-7/h1-4,8,11,17H,5-6H2. The first-order valence-corrected chi connectivity index (χ1v) is 5.32. The van der Waals surface area contributed by atoms with Gasteiger partial charge in [-0.15, -0.1) is 0 Å². The highest BCUT2D eigenvalue weighted by Crippen LogP contribution is 2.09. The molecule has 5 nitrogen and oxygen atoms in total. The van der Waals surface area contributed by atoms with E-state index in [1.54, 1.807) is 18.3 Å². The molecule has 0 aliphatic carbocycles. The summed E-state index contributed by atoms with van der Waals surface area (Å²) in [6.45, 7) is 0. The molecule has 0 bridgehead atoms. The van der Waals surface area contributed by atoms with Crippen LogP contribution in [0.2, 0.25) is 0 Å². The molecule has 0 aromatic carbocycles. The normalized spacial score (nSPS) is 12.9. The van der Waals surface area contributed by atoms with Crippen LogP contribution in [0, 0.1) is 0 Å². The summed E-state index contributed by atoms with van der Waals surface area (Å²) >= 11 is 0. The summed E-state index contributed by atoms with van der Waals surface area (Å²) in [6.07, 6.45) is -2.97. The molecule has 2 heterocycles. The summed E-state index contributed by atoms with van der Waals surface area (Å²) < 4.78 is 29.0. The van der Waals surface area contributed by atoms with Crippen LogP contribution in [0.25, 0.3) is 0 Å². The largest absolute Gasteiger partial charge is 0.387 e. The fourth-order valence-electron chi connectivity index (χ4n) is 1.38. The maximum Gasteiger partial charge on any atom is 0.264 e. The number of halogens is 2. The van der Waals surface area contributed by atoms with E-state index >= 15 is 0 Å². The van der Waals surface area contributed by atoms with Crippen LogP contribution in [0.4, 0.5) is 8.78 Å². The number of rotatable bonds is 5. The van der Waals surface area contributed by atoms with Crippen LogP contribution in [0.3, 0.4) is 0 Å². The molecule has 2 rings (SSSR count). The zero-order valence-corrected chi connectivity index (χ0v) is 9.33. The number of hydrogen-bond acceptors (Lipinski definition) is 5. The smallest absolute Gasteiger partial charge is 0.264 e. The van der Waals surface area contributed by atoms with Crippen LogP contribution in [-0.2, 0) is 12.8 Å². The third-order valence-corrected chi connectivity index (χ3v) is 2.25. The van der Waals surface area contributed by atoms with Gasteiger partial charge in [0.15, 0.2) is 5.82 Å². The lowest BCUT2D eigenvalue weighted by atomic mass is 10.2. The molecule has 2 aromatic heterocycles. The predicted molar refractivity (Wildman–Crippen MR) is 57.1 cm³/mol. The van der Waals surface area contributed by atoms with Gasteiger partial charge >= 0.3 is 0 Å². The highest BCUT2D eigenvalue weighted by molar-refractivity contribution is 5.09. The maximum atomic E-state index is 12.1. The molecule has 0 saturated heterocycles. The monoisotopic (exact) mass is 255 g/mol. The van der Waals surface area contributed by atoms with E-state index in [0.717, 1.165) is 5.69 Å². The highest BCUT2D eigenvalue weighted by Gasteiger charge is 2.20. The van der Waals surface area contributed by atoms with Crippen molar-refractivity contribution < 1.29 is 18.4 Å². The van der Waals surface area contributed by atoms with Crippen molar-refractivity contribution in [3.05, 3.63) is 41.8 Å². The zero-order chi connectivity index (χ0) is 13.0. The molecular weight excluding hydrogens is 244 g/mol. The van der Waals surface area contributed by atoms with Gasteiger partial charge in [0.2, 0.25) is 5.89 Å². The van der Waals surface area contributed by atoms with Crippen molar-refractivity contribution in [2.45, 2.75) is 25.4 Å². The van der Waals surface area contributed by atoms with Gasteiger partial charge in [0, 0.05) is 11.9 Å². The van der Waals surface area contributed by atoms with E-state index in [4.69, 9.17) is 9.63 Å². The van der Waals surface area contributed by atoms with Crippen LogP contribution in [0.15, 0.2) is 28.9 Å². The number of aliphatic hydroxyl groups is 1. The lowest BCUT2D eigenvalue weighted by molar-refractivity contribution is -0.00754. The fraction of sp³-hybridized carbons (Fsp3) is 0.364. The van der Waals surface area contributed by atoms with Gasteiger partial charge in [-0.3, -0.25) is 4.98 Å². The highest BCUT2D eigenvalue weighted by atomic mass is 19.3. The predicted octanol–water partition coefficient (Wildman–Crippen LogP) is 1.22. The third-order valence-electron chi connectivity index (χ3n) is 2.25. The summed E-state index contributed by atoms with van der Waals surface area (Å²) in [6, 6.07) is 5.40. The minimum Gasteiger partial charge on any atom is -0.387 e. The zero-order valence-electron chi connectivity index (χ0n) is 9.33. The molecule has 0 fully saturated rings. The topological polar surface area (TPSA) is 72.0 Å². The molecule has 1 atom stereocenters. The van der Waals surface area contributed by atoms with Gasteiger partial charge in [-0.25, -0.2) is 8.78 Å². The molecule has 18 heavy (non-hydrogen) atoms. The van der Waals surface area contributed by atoms with Gasteiger partial charge in [-0.05, 0) is 12.1 Å². The molecule has 96 valence electrons. The van der Waals surface area contributed by atoms with E-state index in [0.29, 0.717) is 12.2 Å². The van der Waals surface area contributed by atoms with Crippen molar-refractivity contribution in [3.63, 3.8) is 0 Å². The minimum absolute atomic E-state index is 0.00580. The number of aliphatic hydroxyl groups excluding tert-OH is 1. The van der Waals surface area contributed by atoms with E-state index in [2.05, 4.69) is 15.1 Å². The summed E-state index contributed by atoms with van der Waals surface area (Å²) in [5, 5.41) is 12.6. The number of hydrogen-bond donors (Lipinski definition) is 1. The summed E-state index contributed by atoms with van der Waals surface area (Å²) in [5.74, 6) is 0.346. The molecule has 7 heteroatoms. The molecule has 0 amide bonds. The number of pyridine rings is 1. The molecule has 0 aliphatic rings. The maximum absolute atomic E-state index is 12.1. The summed E-state index contributed by atoms with van der Waals surface area (Å²) in [7, 11) is 0. The Kier molecular flexibility index (Phi) is 3.93. The first kappa shape index (κ1) is 12.6. The van der Waals surface area contributed by atoms with Gasteiger partial charge in [-0.2, -0.15) is 4.98 Å². The summed E-state index contributed by atoms with van der Waals surface area (Å²) in [5.41, 5.74) is 0.749. The molecule has 2 aromatic rings. The Morgan fingerprint density at radius 2 is 2.17 bits per heavy atom. The van der Waals surface area contributed by atoms with Gasteiger partial charge in [-0.1, -0.05) is 11.2 Å². The van der Waals surface area contributed by atoms with Crippen LogP contribution in [-0.4, -0.2) is 32.8 Å². The molecule has 0 spiro atoms. The van der Waals surface area contributed by atoms with Crippen LogP contribution < -0.4 is 0 Å². The van der Waals surface area contributed by atoms with Crippen molar-refractivity contribution in [2.75, 3.05) is 0 Å². The quantitative estimate of drug-likeness (QED) is 0.869. The number of nitrogens with zero attached hydrogens (tertiary/aromatic N) is 3. The Bertz CT molecular complexity index is 490. The van der Waals surface area contributed by atoms with Gasteiger partial charge in [0.1, 0.15) is 6.10 Å². The van der Waals surface area contributed by atoms with Crippen molar-refractivity contribution in [3.8, 4) is 0 Å². The first-order chi connectivity index (χ1) is 8.65. The van der Waals surface area contributed by atoms with Gasteiger partial charge in [0.05, 0.1) is 12.8 Å². The Morgan fingerprint density at radius 3 is 2.83 bits per heavy atom. The second-order valence-corrected chi connectivity index (χ2v) is 3.71. The molecule has 1 unspecified atom stereocenters. The fourth-order valence-corrected chi connectivity index (χ4v) is 1.38. The first-order valence-electron chi connectivity index (χ1n) is 5.32. The van der Waals surface area contributed by atoms with Crippen molar-refractivity contribution in [1.82, 2.24) is 15.1 Å². The average molecular weight is 255 g/mol. The Morgan fingerprint density at radius 1 is 1.33 bits per heavy atom. The van der Waals surface area contributed by atoms with E-state index in [1.807, 2.05) is 6.07 Å². The van der Waals surface area contributed by atoms with Crippen LogP contribution in [0.1, 0.15) is 17.4 Å². The van der Waals surface area contributed by atoms with Crippen molar-refractivity contribution in [1.29, 1.82) is 0 Å². The summed E-state index contributed by atoms with van der Waals surface area (Å²) in [4.78, 5) is 8.00. The molecule has 1 N–H and O–H groups in total. The minimum atomic E-state index is -2.82. The molecular formula is C11H11F2N3O2. The SMILES string of the molecule is OC(Cc1nc(Cc2ccccn2)no1)C(F)F. The van der Waals surface area contributed by atoms with Crippen molar-refractivity contribution in [2.24, 2.45) is 0 Å². The van der Waals surface area contributed by atoms with E-state index in [1.165, 1.54) is 0 Å². The Balaban J connectivity index is 1.98. The molecule has 0 aliphatic heterocycles. The second-order valence-electron chi connectivity index (χ2n) is 3.71. The average Bonchev–Trinajstić information content (AvgIpc) is 2.77. The number of alkyl halides is 2. The lowest BCUT2D eigenvalue weighted by Gasteiger charge is -2.04.